The van der Waals surface area contributed by atoms with Gasteiger partial charge in [-0.15, -0.1) is 0 Å². The van der Waals surface area contributed by atoms with Crippen molar-refractivity contribution in [2.75, 3.05) is 0 Å². The van der Waals surface area contributed by atoms with Crippen molar-refractivity contribution >= 4 is 41.9 Å². The van der Waals surface area contributed by atoms with Crippen LogP contribution in [-0.2, 0) is 10.0 Å². The lowest BCUT2D eigenvalue weighted by molar-refractivity contribution is 0.303. The van der Waals surface area contributed by atoms with Gasteiger partial charge in [0, 0.05) is 15.0 Å². The number of rotatable bonds is 4. The number of hydrogen-bond donors (Lipinski definition) is 1. The minimum absolute atomic E-state index is 0.0221. The third-order valence-corrected chi connectivity index (χ3v) is 6.93. The van der Waals surface area contributed by atoms with E-state index in [0.717, 1.165) is 17.3 Å². The summed E-state index contributed by atoms with van der Waals surface area (Å²) < 4.78 is 29.2. The molecule has 1 atom stereocenters. The third-order valence-electron chi connectivity index (χ3n) is 3.88. The number of sulfonamides is 1. The second kappa shape index (κ2) is 6.90. The highest BCUT2D eigenvalue weighted by Crippen LogP contribution is 2.29. The summed E-state index contributed by atoms with van der Waals surface area (Å²) in [5.74, 6) is 0.449. The summed E-state index contributed by atoms with van der Waals surface area (Å²) in [5.41, 5.74) is 0. The van der Waals surface area contributed by atoms with E-state index >= 15 is 0 Å². The molecule has 1 aromatic carbocycles. The van der Waals surface area contributed by atoms with Crippen molar-refractivity contribution in [3.05, 3.63) is 27.1 Å². The lowest BCUT2D eigenvalue weighted by atomic mass is 9.85. The molecule has 1 aromatic rings. The Morgan fingerprint density at radius 1 is 1.20 bits per heavy atom. The molecule has 1 unspecified atom stereocenters. The fourth-order valence-corrected chi connectivity index (χ4v) is 5.54. The first kappa shape index (κ1) is 16.5. The van der Waals surface area contributed by atoms with Gasteiger partial charge in [0.05, 0.1) is 4.90 Å². The predicted molar refractivity (Wildman–Crippen MR) is 88.2 cm³/mol. The van der Waals surface area contributed by atoms with Crippen LogP contribution < -0.4 is 4.72 Å². The van der Waals surface area contributed by atoms with E-state index < -0.39 is 10.0 Å². The number of hydrogen-bond acceptors (Lipinski definition) is 2. The second-order valence-corrected chi connectivity index (χ2v) is 8.84. The van der Waals surface area contributed by atoms with Gasteiger partial charge < -0.3 is 0 Å². The molecule has 0 radical (unpaired) electrons. The molecule has 0 spiro atoms. The van der Waals surface area contributed by atoms with Gasteiger partial charge in [0.15, 0.2) is 0 Å². The Kier molecular flexibility index (Phi) is 5.68. The van der Waals surface area contributed by atoms with Crippen LogP contribution in [0.1, 0.15) is 39.0 Å². The predicted octanol–water partition coefficient (Wildman–Crippen LogP) is 4.46. The Morgan fingerprint density at radius 2 is 1.85 bits per heavy atom. The molecule has 2 rings (SSSR count). The van der Waals surface area contributed by atoms with Crippen molar-refractivity contribution in [2.24, 2.45) is 5.92 Å². The van der Waals surface area contributed by atoms with E-state index in [0.29, 0.717) is 10.4 Å². The molecule has 6 heteroatoms. The van der Waals surface area contributed by atoms with Crippen LogP contribution in [0.3, 0.4) is 0 Å². The minimum Gasteiger partial charge on any atom is -0.208 e. The minimum atomic E-state index is -3.49. The van der Waals surface area contributed by atoms with E-state index in [1.807, 2.05) is 13.0 Å². The largest absolute Gasteiger partial charge is 0.241 e. The Hall–Kier alpha value is 0.0900. The number of benzene rings is 1. The summed E-state index contributed by atoms with van der Waals surface area (Å²) in [4.78, 5) is 0.287. The summed E-state index contributed by atoms with van der Waals surface area (Å²) in [6, 6.07) is 5.16. The van der Waals surface area contributed by atoms with E-state index in [4.69, 9.17) is 0 Å². The SMILES string of the molecule is CC(NS(=O)(=O)c1cc(Br)ccc1Br)C1CCCCC1. The van der Waals surface area contributed by atoms with Crippen LogP contribution in [0.4, 0.5) is 0 Å². The molecule has 0 saturated heterocycles. The lowest BCUT2D eigenvalue weighted by Gasteiger charge is -2.28. The third kappa shape index (κ3) is 4.06. The Labute approximate surface area is 137 Å². The van der Waals surface area contributed by atoms with Crippen LogP contribution in [0.2, 0.25) is 0 Å². The maximum Gasteiger partial charge on any atom is 0.241 e. The van der Waals surface area contributed by atoms with E-state index in [1.54, 1.807) is 12.1 Å². The maximum absolute atomic E-state index is 12.5. The fraction of sp³-hybridized carbons (Fsp3) is 0.571. The van der Waals surface area contributed by atoms with Crippen LogP contribution in [0.5, 0.6) is 0 Å². The molecule has 1 fully saturated rings. The Balaban J connectivity index is 2.16. The average molecular weight is 425 g/mol. The molecular formula is C14H19Br2NO2S. The molecule has 1 saturated carbocycles. The highest BCUT2D eigenvalue weighted by atomic mass is 79.9. The van der Waals surface area contributed by atoms with Crippen molar-refractivity contribution in [3.63, 3.8) is 0 Å². The van der Waals surface area contributed by atoms with Gasteiger partial charge >= 0.3 is 0 Å². The van der Waals surface area contributed by atoms with Gasteiger partial charge in [-0.25, -0.2) is 13.1 Å². The van der Waals surface area contributed by atoms with Crippen molar-refractivity contribution in [1.82, 2.24) is 4.72 Å². The smallest absolute Gasteiger partial charge is 0.208 e. The lowest BCUT2D eigenvalue weighted by Crippen LogP contribution is -2.38. The molecular weight excluding hydrogens is 406 g/mol. The molecule has 0 bridgehead atoms. The van der Waals surface area contributed by atoms with Crippen molar-refractivity contribution in [1.29, 1.82) is 0 Å². The van der Waals surface area contributed by atoms with Gasteiger partial charge in [0.25, 0.3) is 0 Å². The molecule has 0 aromatic heterocycles. The van der Waals surface area contributed by atoms with Crippen molar-refractivity contribution in [3.8, 4) is 0 Å². The second-order valence-electron chi connectivity index (χ2n) is 5.38. The molecule has 1 N–H and O–H groups in total. The quantitative estimate of drug-likeness (QED) is 0.775. The van der Waals surface area contributed by atoms with E-state index in [1.165, 1.54) is 19.3 Å². The summed E-state index contributed by atoms with van der Waals surface area (Å²) in [6.45, 7) is 1.97. The normalized spacial score (nSPS) is 18.9. The van der Waals surface area contributed by atoms with Crippen LogP contribution in [-0.4, -0.2) is 14.5 Å². The van der Waals surface area contributed by atoms with E-state index in [9.17, 15) is 8.42 Å². The molecule has 20 heavy (non-hydrogen) atoms. The molecule has 0 aliphatic heterocycles. The van der Waals surface area contributed by atoms with Crippen LogP contribution in [0.25, 0.3) is 0 Å². The van der Waals surface area contributed by atoms with Gasteiger partial charge in [-0.3, -0.25) is 0 Å². The zero-order valence-corrected chi connectivity index (χ0v) is 15.4. The zero-order valence-electron chi connectivity index (χ0n) is 11.4. The Bertz CT molecular complexity index is 569. The molecule has 112 valence electrons. The summed E-state index contributed by atoms with van der Waals surface area (Å²) >= 11 is 6.63. The maximum atomic E-state index is 12.5. The van der Waals surface area contributed by atoms with Gasteiger partial charge in [0.2, 0.25) is 10.0 Å². The van der Waals surface area contributed by atoms with E-state index in [2.05, 4.69) is 36.6 Å². The molecule has 0 amide bonds. The van der Waals surface area contributed by atoms with Gasteiger partial charge in [-0.05, 0) is 59.8 Å². The fourth-order valence-electron chi connectivity index (χ4n) is 2.72. The average Bonchev–Trinajstić information content (AvgIpc) is 2.42. The molecule has 0 heterocycles. The van der Waals surface area contributed by atoms with Gasteiger partial charge in [-0.1, -0.05) is 35.2 Å². The highest BCUT2D eigenvalue weighted by Gasteiger charge is 2.26. The monoisotopic (exact) mass is 423 g/mol. The van der Waals surface area contributed by atoms with Crippen LogP contribution >= 0.6 is 31.9 Å². The molecule has 3 nitrogen and oxygen atoms in total. The van der Waals surface area contributed by atoms with Crippen LogP contribution in [0, 0.1) is 5.92 Å². The zero-order chi connectivity index (χ0) is 14.8. The van der Waals surface area contributed by atoms with E-state index in [-0.39, 0.29) is 10.9 Å². The van der Waals surface area contributed by atoms with Gasteiger partial charge in [0.1, 0.15) is 0 Å². The molecule has 1 aliphatic carbocycles. The first-order chi connectivity index (χ1) is 9.40. The Morgan fingerprint density at radius 3 is 2.50 bits per heavy atom. The summed E-state index contributed by atoms with van der Waals surface area (Å²) in [7, 11) is -3.49. The highest BCUT2D eigenvalue weighted by molar-refractivity contribution is 9.11. The van der Waals surface area contributed by atoms with Crippen LogP contribution in [0.15, 0.2) is 32.0 Å². The van der Waals surface area contributed by atoms with Crippen molar-refractivity contribution in [2.45, 2.75) is 50.0 Å². The first-order valence-electron chi connectivity index (χ1n) is 6.87. The first-order valence-corrected chi connectivity index (χ1v) is 9.94. The summed E-state index contributed by atoms with van der Waals surface area (Å²) in [6.07, 6.45) is 5.91. The summed E-state index contributed by atoms with van der Waals surface area (Å²) in [5, 5.41) is 0. The number of halogens is 2. The number of nitrogens with one attached hydrogen (secondary N) is 1. The standard InChI is InChI=1S/C14H19Br2NO2S/c1-10(11-5-3-2-4-6-11)17-20(18,19)14-9-12(15)7-8-13(14)16/h7-11,17H,2-6H2,1H3. The van der Waals surface area contributed by atoms with Crippen molar-refractivity contribution < 1.29 is 8.42 Å². The van der Waals surface area contributed by atoms with Gasteiger partial charge in [-0.2, -0.15) is 0 Å². The topological polar surface area (TPSA) is 46.2 Å². The molecule has 1 aliphatic rings.